The van der Waals surface area contributed by atoms with Crippen molar-refractivity contribution in [2.24, 2.45) is 28.1 Å². The third kappa shape index (κ3) is 2.02. The van der Waals surface area contributed by atoms with Gasteiger partial charge in [-0.25, -0.2) is 9.59 Å². The summed E-state index contributed by atoms with van der Waals surface area (Å²) < 4.78 is 35.4. The van der Waals surface area contributed by atoms with Crippen LogP contribution in [0.25, 0.3) is 0 Å². The summed E-state index contributed by atoms with van der Waals surface area (Å²) in [4.78, 5) is 64.5. The van der Waals surface area contributed by atoms with E-state index in [-0.39, 0.29) is 12.3 Å². The van der Waals surface area contributed by atoms with Gasteiger partial charge in [0.25, 0.3) is 0 Å². The van der Waals surface area contributed by atoms with Crippen molar-refractivity contribution in [3.05, 3.63) is 0 Å². The van der Waals surface area contributed by atoms with E-state index in [1.165, 1.54) is 20.8 Å². The van der Waals surface area contributed by atoms with Gasteiger partial charge in [-0.2, -0.15) is 0 Å². The summed E-state index contributed by atoms with van der Waals surface area (Å²) >= 11 is 0. The van der Waals surface area contributed by atoms with Gasteiger partial charge in [-0.05, 0) is 24.7 Å². The molecular weight excluding hydrogens is 464 g/mol. The second kappa shape index (κ2) is 6.16. The number of carbonyl (C=O) groups is 5. The second-order valence-corrected chi connectivity index (χ2v) is 11.7. The number of ether oxygens (including phenoxy) is 6. The smallest absolute Gasteiger partial charge is 0.350 e. The van der Waals surface area contributed by atoms with E-state index in [9.17, 15) is 24.0 Å². The topological polar surface area (TPSA) is 141 Å². The average molecular weight is 492 g/mol. The van der Waals surface area contributed by atoms with Gasteiger partial charge < -0.3 is 28.4 Å². The van der Waals surface area contributed by atoms with Gasteiger partial charge in [-0.3, -0.25) is 14.4 Å². The average Bonchev–Trinajstić information content (AvgIpc) is 3.43. The number of hydrogen-bond acceptors (Lipinski definition) is 11. The molecule has 4 aliphatic heterocycles. The quantitative estimate of drug-likeness (QED) is 0.399. The predicted molar refractivity (Wildman–Crippen MR) is 110 cm³/mol. The molecule has 0 aromatic heterocycles. The molecule has 2 spiro atoms. The molecule has 4 saturated heterocycles. The molecule has 6 fully saturated rings. The van der Waals surface area contributed by atoms with Crippen LogP contribution < -0.4 is 0 Å². The summed E-state index contributed by atoms with van der Waals surface area (Å²) in [5, 5.41) is 0. The molecule has 10 atom stereocenters. The third-order valence-electron chi connectivity index (χ3n) is 9.49. The van der Waals surface area contributed by atoms with Gasteiger partial charge in [0.05, 0.1) is 10.8 Å². The van der Waals surface area contributed by atoms with Crippen molar-refractivity contribution in [1.29, 1.82) is 0 Å². The Hall–Kier alpha value is -2.69. The second-order valence-electron chi connectivity index (χ2n) is 11.7. The Morgan fingerprint density at radius 3 is 2.26 bits per heavy atom. The lowest BCUT2D eigenvalue weighted by Crippen LogP contribution is -2.68. The number of fused-ring (bicyclic) bond motifs is 1. The van der Waals surface area contributed by atoms with Gasteiger partial charge in [0.1, 0.15) is 18.1 Å². The zero-order valence-corrected chi connectivity index (χ0v) is 20.4. The molecule has 0 amide bonds. The molecule has 35 heavy (non-hydrogen) atoms. The van der Waals surface area contributed by atoms with Crippen LogP contribution in [0.3, 0.4) is 0 Å². The fourth-order valence-corrected chi connectivity index (χ4v) is 8.78. The Bertz CT molecular complexity index is 1110. The van der Waals surface area contributed by atoms with Crippen LogP contribution >= 0.6 is 0 Å². The van der Waals surface area contributed by atoms with E-state index in [0.717, 1.165) is 0 Å². The standard InChI is InChI=1S/C24H28O11/c1-9-16(27)31-14-8-21-13-7-12(20(4,5)6)22(21)15(30-10(2)25)17(28)33-19(22)35-24(21,18(29)32-13)23(9,14)34-11(3)26/h9,12-15,19H,7-8H2,1-6H3/t9-,12+,13-,14+,15+,19-,21+,22+,23-,24+/m1/s1. The van der Waals surface area contributed by atoms with Gasteiger partial charge in [-0.1, -0.05) is 20.8 Å². The summed E-state index contributed by atoms with van der Waals surface area (Å²) in [6.07, 6.45) is -4.08. The van der Waals surface area contributed by atoms with E-state index in [1.807, 2.05) is 20.8 Å². The lowest BCUT2D eigenvalue weighted by molar-refractivity contribution is -0.246. The molecule has 2 aliphatic carbocycles. The fraction of sp³-hybridized carbons (Fsp3) is 0.792. The molecule has 6 aliphatic rings. The largest absolute Gasteiger partial charge is 0.459 e. The monoisotopic (exact) mass is 492 g/mol. The number of carbonyl (C=O) groups excluding carboxylic acids is 5. The molecule has 6 rings (SSSR count). The van der Waals surface area contributed by atoms with Crippen LogP contribution in [0.4, 0.5) is 0 Å². The van der Waals surface area contributed by atoms with Crippen LogP contribution in [0, 0.1) is 28.1 Å². The lowest BCUT2D eigenvalue weighted by Gasteiger charge is -2.47. The Labute approximate surface area is 201 Å². The van der Waals surface area contributed by atoms with Gasteiger partial charge in [-0.15, -0.1) is 0 Å². The van der Waals surface area contributed by atoms with E-state index in [4.69, 9.17) is 28.4 Å². The maximum atomic E-state index is 13.9. The van der Waals surface area contributed by atoms with Crippen molar-refractivity contribution in [2.45, 2.75) is 90.2 Å². The summed E-state index contributed by atoms with van der Waals surface area (Å²) in [7, 11) is 0. The first kappa shape index (κ1) is 22.8. The summed E-state index contributed by atoms with van der Waals surface area (Å²) in [5.74, 6) is -5.04. The highest BCUT2D eigenvalue weighted by atomic mass is 16.8. The molecule has 0 N–H and O–H groups in total. The van der Waals surface area contributed by atoms with Crippen molar-refractivity contribution in [1.82, 2.24) is 0 Å². The summed E-state index contributed by atoms with van der Waals surface area (Å²) in [6.45, 7) is 9.85. The predicted octanol–water partition coefficient (Wildman–Crippen LogP) is 0.801. The Balaban J connectivity index is 1.69. The molecule has 0 bridgehead atoms. The lowest BCUT2D eigenvalue weighted by atomic mass is 9.51. The van der Waals surface area contributed by atoms with E-state index in [0.29, 0.717) is 6.42 Å². The first-order valence-corrected chi connectivity index (χ1v) is 11.9. The van der Waals surface area contributed by atoms with Crippen LogP contribution in [0.2, 0.25) is 0 Å². The SMILES string of the molecule is CC(=O)O[C@H]1C(=O)O[C@@H]2O[C@@]34C(=O)O[C@@H]5C[C@@H](C(C)(C)C)[C@@]21[C@]53C[C@@H]1OC(=O)[C@@H](C)[C@@]14OC(C)=O. The van der Waals surface area contributed by atoms with E-state index in [2.05, 4.69) is 0 Å². The normalized spacial score (nSPS) is 50.6. The molecule has 2 saturated carbocycles. The summed E-state index contributed by atoms with van der Waals surface area (Å²) in [5.41, 5.74) is -6.95. The minimum Gasteiger partial charge on any atom is -0.459 e. The molecule has 0 aromatic carbocycles. The maximum absolute atomic E-state index is 13.9. The number of rotatable bonds is 2. The van der Waals surface area contributed by atoms with Crippen LogP contribution in [0.15, 0.2) is 0 Å². The highest BCUT2D eigenvalue weighted by Crippen LogP contribution is 2.85. The molecule has 11 nitrogen and oxygen atoms in total. The molecule has 190 valence electrons. The van der Waals surface area contributed by atoms with Crippen LogP contribution in [-0.2, 0) is 52.4 Å². The third-order valence-corrected chi connectivity index (χ3v) is 9.49. The molecule has 0 radical (unpaired) electrons. The molecule has 0 aromatic rings. The highest BCUT2D eigenvalue weighted by Gasteiger charge is 3.02. The minimum atomic E-state index is -1.99. The van der Waals surface area contributed by atoms with E-state index < -0.39 is 87.8 Å². The van der Waals surface area contributed by atoms with Gasteiger partial charge in [0, 0.05) is 20.3 Å². The Morgan fingerprint density at radius 1 is 0.971 bits per heavy atom. The molecular formula is C24H28O11. The zero-order chi connectivity index (χ0) is 25.5. The van der Waals surface area contributed by atoms with Gasteiger partial charge in [0.15, 0.2) is 0 Å². The maximum Gasteiger partial charge on any atom is 0.350 e. The van der Waals surface area contributed by atoms with Crippen molar-refractivity contribution >= 4 is 29.8 Å². The molecule has 0 unspecified atom stereocenters. The zero-order valence-electron chi connectivity index (χ0n) is 20.4. The Morgan fingerprint density at radius 2 is 1.66 bits per heavy atom. The van der Waals surface area contributed by atoms with Crippen LogP contribution in [-0.4, -0.2) is 65.7 Å². The Kier molecular flexibility index (Phi) is 4.01. The first-order chi connectivity index (χ1) is 16.2. The fourth-order valence-electron chi connectivity index (χ4n) is 8.78. The summed E-state index contributed by atoms with van der Waals surface area (Å²) in [6, 6.07) is 0. The molecule has 11 heteroatoms. The molecule has 4 heterocycles. The number of hydrogen-bond donors (Lipinski definition) is 0. The van der Waals surface area contributed by atoms with E-state index in [1.54, 1.807) is 0 Å². The highest BCUT2D eigenvalue weighted by molar-refractivity contribution is 5.94. The first-order valence-electron chi connectivity index (χ1n) is 11.9. The van der Waals surface area contributed by atoms with E-state index >= 15 is 0 Å². The van der Waals surface area contributed by atoms with Crippen molar-refractivity contribution in [2.75, 3.05) is 0 Å². The minimum absolute atomic E-state index is 0.0181. The van der Waals surface area contributed by atoms with Crippen molar-refractivity contribution in [3.63, 3.8) is 0 Å². The van der Waals surface area contributed by atoms with Crippen molar-refractivity contribution in [3.8, 4) is 0 Å². The van der Waals surface area contributed by atoms with Crippen LogP contribution in [0.5, 0.6) is 0 Å². The van der Waals surface area contributed by atoms with Crippen molar-refractivity contribution < 1.29 is 52.4 Å². The van der Waals surface area contributed by atoms with Gasteiger partial charge in [0.2, 0.25) is 23.6 Å². The van der Waals surface area contributed by atoms with Gasteiger partial charge >= 0.3 is 29.8 Å². The number of esters is 5. The van der Waals surface area contributed by atoms with Crippen LogP contribution in [0.1, 0.15) is 54.4 Å².